The van der Waals surface area contributed by atoms with Crippen molar-refractivity contribution in [3.05, 3.63) is 48.6 Å². The van der Waals surface area contributed by atoms with E-state index in [9.17, 15) is 0 Å². The van der Waals surface area contributed by atoms with Crippen molar-refractivity contribution in [3.63, 3.8) is 0 Å². The fourth-order valence-electron chi connectivity index (χ4n) is 8.57. The first kappa shape index (κ1) is 31.6. The van der Waals surface area contributed by atoms with Crippen LogP contribution in [-0.4, -0.2) is 0 Å². The molecule has 0 spiro atoms. The SMILES string of the molecule is CC(C)C(C)(C)C1([C]2([Zr+2][C]3(C4(C(C)(C)C(C)C)CCCC4)C=CC=C3)C=CC=C2)CCCC1.[Cl-].[Cl-]. The van der Waals surface area contributed by atoms with Gasteiger partial charge < -0.3 is 24.8 Å². The van der Waals surface area contributed by atoms with Crippen molar-refractivity contribution >= 4 is 0 Å². The zero-order valence-electron chi connectivity index (χ0n) is 23.7. The standard InChI is InChI=1S/2C16H25.2ClH.Zr/c2*1-13(2)15(3,4)16(11-7-8-12-16)14-9-5-6-10-14;;;/h2*5-6,9-10,13H,7-8,11-12H2,1-4H3;2*1H;/q;;;;+2/p-2. The molecule has 0 radical (unpaired) electrons. The molecule has 0 atom stereocenters. The summed E-state index contributed by atoms with van der Waals surface area (Å²) in [7, 11) is 0. The average molecular weight is 597 g/mol. The van der Waals surface area contributed by atoms with Crippen molar-refractivity contribution in [3.8, 4) is 0 Å². The Bertz CT molecular complexity index is 749. The van der Waals surface area contributed by atoms with Gasteiger partial charge in [0, 0.05) is 0 Å². The van der Waals surface area contributed by atoms with E-state index in [0.717, 1.165) is 0 Å². The number of rotatable bonds is 8. The first-order chi connectivity index (χ1) is 15.4. The van der Waals surface area contributed by atoms with Gasteiger partial charge in [0.25, 0.3) is 0 Å². The molecule has 0 aromatic heterocycles. The summed E-state index contributed by atoms with van der Waals surface area (Å²) in [6.45, 7) is 20.5. The van der Waals surface area contributed by atoms with Gasteiger partial charge in [0.2, 0.25) is 0 Å². The summed E-state index contributed by atoms with van der Waals surface area (Å²) in [5.41, 5.74) is 1.49. The minimum atomic E-state index is -1.00. The van der Waals surface area contributed by atoms with E-state index < -0.39 is 23.2 Å². The second-order valence-electron chi connectivity index (χ2n) is 13.6. The molecule has 0 N–H and O–H groups in total. The number of hydrogen-bond acceptors (Lipinski definition) is 0. The van der Waals surface area contributed by atoms with E-state index >= 15 is 0 Å². The van der Waals surface area contributed by atoms with Crippen molar-refractivity contribution in [2.75, 3.05) is 0 Å². The van der Waals surface area contributed by atoms with Crippen molar-refractivity contribution in [2.45, 2.75) is 113 Å². The number of halogens is 2. The van der Waals surface area contributed by atoms with Crippen LogP contribution in [-0.2, 0) is 23.2 Å². The Balaban J connectivity index is 0.00000216. The molecular formula is C32H50Cl2Zr. The molecule has 0 aliphatic heterocycles. The van der Waals surface area contributed by atoms with Gasteiger partial charge in [-0.25, -0.2) is 0 Å². The Morgan fingerprint density at radius 1 is 0.543 bits per heavy atom. The molecule has 0 saturated heterocycles. The van der Waals surface area contributed by atoms with Crippen LogP contribution in [0.2, 0.25) is 6.25 Å². The molecule has 0 amide bonds. The smallest absolute Gasteiger partial charge is 1.00 e. The Morgan fingerprint density at radius 3 is 1.03 bits per heavy atom. The Labute approximate surface area is 241 Å². The maximum absolute atomic E-state index is 2.74. The summed E-state index contributed by atoms with van der Waals surface area (Å²) >= 11 is -1.00. The van der Waals surface area contributed by atoms with Gasteiger partial charge in [-0.3, -0.25) is 0 Å². The molecule has 0 aromatic rings. The van der Waals surface area contributed by atoms with Gasteiger partial charge in [-0.1, -0.05) is 0 Å². The predicted molar refractivity (Wildman–Crippen MR) is 141 cm³/mol. The second-order valence-corrected chi connectivity index (χ2v) is 18.3. The summed E-state index contributed by atoms with van der Waals surface area (Å²) in [4.78, 5) is 0. The predicted octanol–water partition coefficient (Wildman–Crippen LogP) is 4.13. The molecule has 3 heteroatoms. The van der Waals surface area contributed by atoms with E-state index in [1.165, 1.54) is 51.4 Å². The Hall–Kier alpha value is 0.423. The Morgan fingerprint density at radius 2 is 0.800 bits per heavy atom. The van der Waals surface area contributed by atoms with Crippen LogP contribution in [0, 0.1) is 33.5 Å². The molecule has 0 aromatic carbocycles. The van der Waals surface area contributed by atoms with Crippen molar-refractivity contribution < 1.29 is 48.0 Å². The molecular weight excluding hydrogens is 546 g/mol. The molecule has 0 heterocycles. The largest absolute Gasteiger partial charge is 1.00 e. The summed E-state index contributed by atoms with van der Waals surface area (Å²) in [5.74, 6) is 1.40. The summed E-state index contributed by atoms with van der Waals surface area (Å²) in [6, 6.07) is 0. The molecule has 196 valence electrons. The van der Waals surface area contributed by atoms with E-state index in [1.54, 1.807) is 0 Å². The maximum atomic E-state index is 2.74. The van der Waals surface area contributed by atoms with Gasteiger partial charge in [0.1, 0.15) is 0 Å². The van der Waals surface area contributed by atoms with Gasteiger partial charge in [0.05, 0.1) is 0 Å². The molecule has 0 unspecified atom stereocenters. The van der Waals surface area contributed by atoms with Crippen LogP contribution >= 0.6 is 0 Å². The van der Waals surface area contributed by atoms with Gasteiger partial charge in [-0.05, 0) is 0 Å². The van der Waals surface area contributed by atoms with Gasteiger partial charge >= 0.3 is 218 Å². The third kappa shape index (κ3) is 4.43. The molecule has 0 bridgehead atoms. The van der Waals surface area contributed by atoms with Crippen molar-refractivity contribution in [2.24, 2.45) is 33.5 Å². The van der Waals surface area contributed by atoms with Crippen LogP contribution in [0.1, 0.15) is 107 Å². The van der Waals surface area contributed by atoms with Crippen molar-refractivity contribution in [1.29, 1.82) is 0 Å². The molecule has 0 nitrogen and oxygen atoms in total. The quantitative estimate of drug-likeness (QED) is 0.396. The summed E-state index contributed by atoms with van der Waals surface area (Å²) in [5, 5.41) is 0. The molecule has 2 fully saturated rings. The zero-order chi connectivity index (χ0) is 24.2. The van der Waals surface area contributed by atoms with Gasteiger partial charge in [0.15, 0.2) is 0 Å². The van der Waals surface area contributed by atoms with E-state index in [1.807, 2.05) is 0 Å². The first-order valence-electron chi connectivity index (χ1n) is 14.0. The molecule has 35 heavy (non-hydrogen) atoms. The molecule has 4 aliphatic carbocycles. The van der Waals surface area contributed by atoms with Crippen LogP contribution in [0.3, 0.4) is 0 Å². The Kier molecular flexibility index (Phi) is 9.84. The third-order valence-electron chi connectivity index (χ3n) is 11.9. The fraction of sp³-hybridized carbons (Fsp3) is 0.750. The molecule has 4 aliphatic rings. The van der Waals surface area contributed by atoms with Crippen LogP contribution < -0.4 is 24.8 Å². The first-order valence-corrected chi connectivity index (χ1v) is 16.4. The van der Waals surface area contributed by atoms with E-state index in [2.05, 4.69) is 104 Å². The maximum Gasteiger partial charge on any atom is -1.00 e. The minimum absolute atomic E-state index is 0. The van der Waals surface area contributed by atoms with Crippen LogP contribution in [0.25, 0.3) is 0 Å². The van der Waals surface area contributed by atoms with Crippen LogP contribution in [0.15, 0.2) is 48.6 Å². The van der Waals surface area contributed by atoms with E-state index in [-0.39, 0.29) is 24.8 Å². The van der Waals surface area contributed by atoms with E-state index in [0.29, 0.717) is 39.7 Å². The van der Waals surface area contributed by atoms with E-state index in [4.69, 9.17) is 0 Å². The zero-order valence-corrected chi connectivity index (χ0v) is 27.7. The molecule has 4 rings (SSSR count). The van der Waals surface area contributed by atoms with Gasteiger partial charge in [-0.15, -0.1) is 0 Å². The van der Waals surface area contributed by atoms with Crippen molar-refractivity contribution in [1.82, 2.24) is 0 Å². The normalized spacial score (nSPS) is 25.2. The third-order valence-corrected chi connectivity index (χ3v) is 17.9. The topological polar surface area (TPSA) is 0 Å². The minimum Gasteiger partial charge on any atom is -1.00 e. The summed E-state index contributed by atoms with van der Waals surface area (Å²) < 4.78 is 0.616. The monoisotopic (exact) mass is 594 g/mol. The van der Waals surface area contributed by atoms with Crippen LogP contribution in [0.5, 0.6) is 0 Å². The summed E-state index contributed by atoms with van der Waals surface area (Å²) in [6.07, 6.45) is 32.0. The number of allylic oxidation sites excluding steroid dienone is 8. The van der Waals surface area contributed by atoms with Crippen LogP contribution in [0.4, 0.5) is 0 Å². The fourth-order valence-corrected chi connectivity index (χ4v) is 16.0. The average Bonchev–Trinajstić information content (AvgIpc) is 3.54. The second kappa shape index (κ2) is 10.9. The van der Waals surface area contributed by atoms with Gasteiger partial charge in [-0.2, -0.15) is 0 Å². The number of hydrogen-bond donors (Lipinski definition) is 0. The molecule has 2 saturated carbocycles.